The number of para-hydroxylation sites is 1. The molecule has 30 heteroatoms. The van der Waals surface area contributed by atoms with Gasteiger partial charge in [0.15, 0.2) is 23.4 Å². The van der Waals surface area contributed by atoms with Crippen molar-refractivity contribution in [3.05, 3.63) is 172 Å². The first-order chi connectivity index (χ1) is 52.6. The molecule has 109 heavy (non-hydrogen) atoms. The van der Waals surface area contributed by atoms with E-state index in [1.807, 2.05) is 102 Å². The van der Waals surface area contributed by atoms with E-state index in [0.717, 1.165) is 69.3 Å². The molecule has 1 saturated carbocycles. The normalized spacial score (nSPS) is 19.2. The Kier molecular flexibility index (Phi) is 24.9. The number of aliphatic hydroxyl groups is 1. The van der Waals surface area contributed by atoms with Crippen LogP contribution in [0.25, 0.3) is 17.0 Å². The number of carbonyl (C=O) groups is 9. The number of halogens is 1. The summed E-state index contributed by atoms with van der Waals surface area (Å²) in [6.07, 6.45) is 5.58. The third-order valence-electron chi connectivity index (χ3n) is 20.6. The molecule has 6 atom stereocenters. The number of hydrogen-bond acceptors (Lipinski definition) is 19. The number of aliphatic hydroxyl groups excluding tert-OH is 1. The number of fused-ring (bicyclic) bond motifs is 5. The Bertz CT molecular complexity index is 4450. The maximum absolute atomic E-state index is 14.5. The molecule has 2 fully saturated rings. The molecule has 0 radical (unpaired) electrons. The quantitative estimate of drug-likeness (QED) is 0.00669. The number of nitrogens with one attached hydrogen (secondary N) is 7. The Hall–Kier alpha value is -10.5. The summed E-state index contributed by atoms with van der Waals surface area (Å²) >= 11 is -2.19. The molecule has 29 nitrogen and oxygen atoms in total. The molecule has 578 valence electrons. The van der Waals surface area contributed by atoms with E-state index in [4.69, 9.17) is 34.3 Å². The number of carbonyl (C=O) groups excluding carboxylic acids is 9. The Morgan fingerprint density at radius 2 is 1.48 bits per heavy atom. The van der Waals surface area contributed by atoms with Crippen molar-refractivity contribution in [1.29, 1.82) is 0 Å². The molecule has 6 unspecified atom stereocenters. The molecule has 5 aromatic carbocycles. The van der Waals surface area contributed by atoms with Crippen LogP contribution in [-0.2, 0) is 60.9 Å². The number of anilines is 3. The minimum Gasteiger partial charge on any atom is -0.0619 e. The van der Waals surface area contributed by atoms with Crippen molar-refractivity contribution in [2.45, 2.75) is 126 Å². The Balaban J connectivity index is 0.587. The van der Waals surface area contributed by atoms with E-state index in [1.54, 1.807) is 53.2 Å². The maximum atomic E-state index is 14.5. The fraction of sp³-hybridized carbons (Fsp3) is 0.405. The number of benzene rings is 5. The number of amides is 9. The molecular weight excluding hydrogens is 1510 g/mol. The van der Waals surface area contributed by atoms with E-state index in [1.165, 1.54) is 26.2 Å². The monoisotopic (exact) mass is 1610 g/mol. The molecule has 1 saturated heterocycles. The fourth-order valence-electron chi connectivity index (χ4n) is 14.5. The summed E-state index contributed by atoms with van der Waals surface area (Å²) in [7, 11) is 4.69. The number of rotatable bonds is 30. The second kappa shape index (κ2) is 34.8. The van der Waals surface area contributed by atoms with Crippen molar-refractivity contribution in [1.82, 2.24) is 41.8 Å². The van der Waals surface area contributed by atoms with Gasteiger partial charge in [0.05, 0.1) is 63.5 Å². The van der Waals surface area contributed by atoms with Crippen molar-refractivity contribution in [2.75, 3.05) is 85.7 Å². The average molecular weight is 1610 g/mol. The van der Waals surface area contributed by atoms with Crippen molar-refractivity contribution in [2.24, 2.45) is 11.3 Å². The van der Waals surface area contributed by atoms with Crippen molar-refractivity contribution in [3.63, 3.8) is 0 Å². The van der Waals surface area contributed by atoms with Crippen LogP contribution < -0.4 is 72.5 Å². The fourth-order valence-corrected chi connectivity index (χ4v) is 16.8. The molecule has 5 aliphatic heterocycles. The number of alkyl halides is 3. The molecule has 5 heterocycles. The number of hydrazine groups is 1. The van der Waals surface area contributed by atoms with Crippen LogP contribution in [0.4, 0.5) is 21.9 Å². The Morgan fingerprint density at radius 3 is 2.18 bits per heavy atom. The number of quaternary nitrogens is 1. The molecule has 7 aliphatic rings. The van der Waals surface area contributed by atoms with Crippen LogP contribution >= 0.6 is 19.8 Å². The molecule has 2 aliphatic carbocycles. The predicted octanol–water partition coefficient (Wildman–Crippen LogP) is 5.58. The first-order valence-corrected chi connectivity index (χ1v) is 42.1. The second-order valence-corrected chi connectivity index (χ2v) is 34.0. The molecule has 5 aromatic rings. The summed E-state index contributed by atoms with van der Waals surface area (Å²) in [5.41, 5.74) is 12.0. The van der Waals surface area contributed by atoms with Crippen LogP contribution in [0.2, 0.25) is 0 Å². The number of nitrogens with zero attached hydrogens (tertiary/aromatic N) is 4. The van der Waals surface area contributed by atoms with Gasteiger partial charge in [0.25, 0.3) is 11.8 Å². The zero-order valence-electron chi connectivity index (χ0n) is 62.1. The molecule has 1 spiro atoms. The van der Waals surface area contributed by atoms with Crippen LogP contribution in [0.5, 0.6) is 17.2 Å². The van der Waals surface area contributed by atoms with Crippen LogP contribution in [0.3, 0.4) is 0 Å². The summed E-state index contributed by atoms with van der Waals surface area (Å²) in [6, 6.07) is 30.7. The minimum atomic E-state index is -2.19. The average Bonchev–Trinajstić information content (AvgIpc) is 1.57. The number of allylic oxidation sites excluding steroid dienone is 1. The van der Waals surface area contributed by atoms with Gasteiger partial charge in [-0.15, -0.1) is 0 Å². The molecule has 0 aromatic heterocycles. The smallest absolute Gasteiger partial charge is 0.0517 e. The third kappa shape index (κ3) is 17.8. The van der Waals surface area contributed by atoms with Crippen LogP contribution in [0.15, 0.2) is 138 Å². The van der Waals surface area contributed by atoms with Crippen LogP contribution in [0, 0.1) is 5.41 Å². The number of unbranched alkanes of at least 4 members (excludes halogenated alkanes) is 2. The Morgan fingerprint density at radius 1 is 0.761 bits per heavy atom. The topological polar surface area (TPSA) is 369 Å². The van der Waals surface area contributed by atoms with Crippen molar-refractivity contribution < 1.29 is 82.0 Å². The van der Waals surface area contributed by atoms with Gasteiger partial charge in [-0.2, -0.15) is 0 Å². The van der Waals surface area contributed by atoms with Crippen molar-refractivity contribution >= 4 is 107 Å². The van der Waals surface area contributed by atoms with Gasteiger partial charge in [0.1, 0.15) is 29.5 Å². The molecule has 12 N–H and O–H groups in total. The molecule has 0 bridgehead atoms. The van der Waals surface area contributed by atoms with E-state index in [2.05, 4.69) is 42.6 Å². The van der Waals surface area contributed by atoms with E-state index in [-0.39, 0.29) is 84.7 Å². The van der Waals surface area contributed by atoms with Gasteiger partial charge in [-0.05, 0) is 97.9 Å². The second-order valence-electron chi connectivity index (χ2n) is 28.1. The SMILES string of the molecule is CC[NH2+]C1=C(NN)c2ccccc2N(C(=O)CCC(=O)NCC(=O)NCC(=O)NC(C(=O)NC(C)C(=O)Nc2ccc(COC(=O)N3c4cc(OCCCCCOC5=CC6=C(CC5OC)C(=O)N5C=C(c7ccc(OC)cc7)CC5N6)c(OC)cc4C(=O)N4CC5(CC5)CC4C3O)cc2)I(C)C)Cc2ccccc21. The number of ether oxygens (including phenoxy) is 6. The molecule has 9 amide bonds. The molecular formula is C79H95IN13O16+. The first-order valence-electron chi connectivity index (χ1n) is 36.5. The van der Waals surface area contributed by atoms with Crippen LogP contribution in [-0.4, -0.2) is 173 Å². The summed E-state index contributed by atoms with van der Waals surface area (Å²) in [4.78, 5) is 133. The van der Waals surface area contributed by atoms with Gasteiger partial charge in [-0.1, -0.05) is 48.5 Å². The van der Waals surface area contributed by atoms with E-state index in [0.29, 0.717) is 85.6 Å². The summed E-state index contributed by atoms with van der Waals surface area (Å²) in [5, 5.41) is 30.9. The van der Waals surface area contributed by atoms with Crippen LogP contribution in [0.1, 0.15) is 116 Å². The van der Waals surface area contributed by atoms with E-state index in [9.17, 15) is 48.3 Å². The van der Waals surface area contributed by atoms with Gasteiger partial charge in [-0.3, -0.25) is 25.1 Å². The van der Waals surface area contributed by atoms with Gasteiger partial charge >= 0.3 is 212 Å². The van der Waals surface area contributed by atoms with Gasteiger partial charge in [-0.25, -0.2) is 9.69 Å². The molecule has 12 rings (SSSR count). The number of nitrogens with two attached hydrogens (primary N) is 2. The van der Waals surface area contributed by atoms with Gasteiger partial charge in [0.2, 0.25) is 0 Å². The Labute approximate surface area is 639 Å². The van der Waals surface area contributed by atoms with E-state index >= 15 is 0 Å². The summed E-state index contributed by atoms with van der Waals surface area (Å²) in [6.45, 7) is 4.32. The third-order valence-corrected chi connectivity index (χ3v) is 23.9. The standard InChI is InChI=1S/C79H94IN13O16/c1-8-82-70-53-17-11-10-16-49(53)42-90(58-19-13-12-18-54(58)71(70)89-81)69(97)29-28-66(94)83-40-67(95)84-41-68(96)88-72(80(3)4)74(99)85-46(2)73(98)86-51-24-20-47(21-25-51)44-109-78(103)93-59-38-64(62(106-7)36-56(59)76(101)92-45-79(30-31-79)39-60(92)77(93)102)108-33-15-9-14-32-107-63-37-57-55(35-61(63)105-6)75(100)91-43-50(34-65(91)87-57)48-22-26-52(104-5)27-23-48/h10-13,16-27,36-38,43,46,60-61,65,72,77,82,87,89,102H,8-9,14-15,28-35,39-42,44-45,81H2,1-7H3,(H,83,94)(H,84,95)(H,85,99)(H,86,98)(H,88,96)/p+1. The summed E-state index contributed by atoms with van der Waals surface area (Å²) < 4.78 is 34.5. The minimum absolute atomic E-state index is 0.0683. The first kappa shape index (κ1) is 78.1. The summed E-state index contributed by atoms with van der Waals surface area (Å²) in [5.74, 6) is 4.21. The largest absolute Gasteiger partial charge is 0.0619 e. The van der Waals surface area contributed by atoms with Gasteiger partial charge < -0.3 is 54.7 Å². The zero-order valence-corrected chi connectivity index (χ0v) is 64.3. The zero-order chi connectivity index (χ0) is 77.2. The predicted molar refractivity (Wildman–Crippen MR) is 414 cm³/mol. The van der Waals surface area contributed by atoms with E-state index < -0.39 is 97.0 Å². The van der Waals surface area contributed by atoms with Crippen molar-refractivity contribution in [3.8, 4) is 17.2 Å². The number of hydrogen-bond donors (Lipinski definition) is 10. The maximum Gasteiger partial charge on any atom is 0.0517 e. The van der Waals surface area contributed by atoms with Gasteiger partial charge in [0, 0.05) is 67.2 Å². The number of methoxy groups -OCH3 is 3.